The largest absolute Gasteiger partial charge is 0.334 e. The molecule has 0 N–H and O–H groups in total. The van der Waals surface area contributed by atoms with E-state index in [1.165, 1.54) is 0 Å². The first-order chi connectivity index (χ1) is 13.8. The lowest BCUT2D eigenvalue weighted by atomic mass is 10.0. The molecule has 3 aromatic carbocycles. The smallest absolute Gasteiger partial charge is 0.259 e. The molecule has 0 aliphatic carbocycles. The molecule has 0 saturated carbocycles. The number of aromatic nitrogens is 3. The van der Waals surface area contributed by atoms with E-state index in [0.29, 0.717) is 16.7 Å². The standard InChI is InChI=1S/C23H14ClN3O/c24-17-12-10-16(11-13-17)22-26-23(28-27-22)19-14-21(15-6-2-1-3-7-15)25-20-9-5-4-8-18(19)20/h1-14H. The zero-order chi connectivity index (χ0) is 18.9. The fourth-order valence-corrected chi connectivity index (χ4v) is 3.28. The van der Waals surface area contributed by atoms with E-state index in [-0.39, 0.29) is 0 Å². The van der Waals surface area contributed by atoms with Crippen molar-refractivity contribution in [2.45, 2.75) is 0 Å². The van der Waals surface area contributed by atoms with E-state index < -0.39 is 0 Å². The van der Waals surface area contributed by atoms with Crippen molar-refractivity contribution in [3.8, 4) is 34.1 Å². The molecule has 0 unspecified atom stereocenters. The minimum Gasteiger partial charge on any atom is -0.334 e. The zero-order valence-electron chi connectivity index (χ0n) is 14.7. The molecule has 0 aliphatic rings. The Morgan fingerprint density at radius 2 is 1.46 bits per heavy atom. The summed E-state index contributed by atoms with van der Waals surface area (Å²) in [6, 6.07) is 27.4. The van der Waals surface area contributed by atoms with Gasteiger partial charge in [0.1, 0.15) is 0 Å². The highest BCUT2D eigenvalue weighted by molar-refractivity contribution is 6.30. The number of hydrogen-bond donors (Lipinski definition) is 0. The Balaban J connectivity index is 1.67. The molecule has 0 saturated heterocycles. The molecule has 0 radical (unpaired) electrons. The molecule has 28 heavy (non-hydrogen) atoms. The lowest BCUT2D eigenvalue weighted by Gasteiger charge is -2.07. The molecule has 2 heterocycles. The highest BCUT2D eigenvalue weighted by Crippen LogP contribution is 2.32. The van der Waals surface area contributed by atoms with Gasteiger partial charge in [0.2, 0.25) is 5.82 Å². The maximum Gasteiger partial charge on any atom is 0.259 e. The van der Waals surface area contributed by atoms with Crippen LogP contribution in [0.1, 0.15) is 0 Å². The summed E-state index contributed by atoms with van der Waals surface area (Å²) in [6.07, 6.45) is 0. The monoisotopic (exact) mass is 383 g/mol. The first-order valence-corrected chi connectivity index (χ1v) is 9.21. The molecule has 5 rings (SSSR count). The second-order valence-corrected chi connectivity index (χ2v) is 6.80. The molecule has 0 aliphatic heterocycles. The predicted octanol–water partition coefficient (Wildman–Crippen LogP) is 6.27. The number of rotatable bonds is 3. The molecule has 5 heteroatoms. The van der Waals surface area contributed by atoms with Gasteiger partial charge < -0.3 is 4.52 Å². The summed E-state index contributed by atoms with van der Waals surface area (Å²) >= 11 is 5.97. The molecule has 0 bridgehead atoms. The minimum atomic E-state index is 0.459. The summed E-state index contributed by atoms with van der Waals surface area (Å²) < 4.78 is 5.61. The van der Waals surface area contributed by atoms with Crippen molar-refractivity contribution >= 4 is 22.5 Å². The second-order valence-electron chi connectivity index (χ2n) is 6.37. The molecular weight excluding hydrogens is 370 g/mol. The van der Waals surface area contributed by atoms with E-state index in [0.717, 1.165) is 33.3 Å². The Morgan fingerprint density at radius 3 is 2.29 bits per heavy atom. The van der Waals surface area contributed by atoms with Gasteiger partial charge in [-0.3, -0.25) is 0 Å². The maximum atomic E-state index is 5.97. The lowest BCUT2D eigenvalue weighted by molar-refractivity contribution is 0.432. The molecular formula is C23H14ClN3O. The van der Waals surface area contributed by atoms with E-state index in [4.69, 9.17) is 21.1 Å². The zero-order valence-corrected chi connectivity index (χ0v) is 15.5. The fourth-order valence-electron chi connectivity index (χ4n) is 3.16. The molecule has 0 spiro atoms. The first-order valence-electron chi connectivity index (χ1n) is 8.83. The predicted molar refractivity (Wildman–Crippen MR) is 111 cm³/mol. The van der Waals surface area contributed by atoms with Gasteiger partial charge in [-0.25, -0.2) is 4.98 Å². The number of fused-ring (bicyclic) bond motifs is 1. The Bertz CT molecular complexity index is 1260. The molecule has 5 aromatic rings. The van der Waals surface area contributed by atoms with Gasteiger partial charge in [0, 0.05) is 21.5 Å². The van der Waals surface area contributed by atoms with Crippen molar-refractivity contribution in [2.24, 2.45) is 0 Å². The highest BCUT2D eigenvalue weighted by atomic mass is 35.5. The third-order valence-electron chi connectivity index (χ3n) is 4.54. The number of para-hydroxylation sites is 1. The van der Waals surface area contributed by atoms with Gasteiger partial charge in [-0.05, 0) is 36.4 Å². The molecule has 2 aromatic heterocycles. The van der Waals surface area contributed by atoms with E-state index in [1.807, 2.05) is 84.9 Å². The molecule has 134 valence electrons. The van der Waals surface area contributed by atoms with Crippen LogP contribution in [-0.2, 0) is 0 Å². The van der Waals surface area contributed by atoms with Gasteiger partial charge in [0.15, 0.2) is 0 Å². The number of benzene rings is 3. The Kier molecular flexibility index (Phi) is 4.11. The Morgan fingerprint density at radius 1 is 0.714 bits per heavy atom. The molecule has 4 nitrogen and oxygen atoms in total. The van der Waals surface area contributed by atoms with Gasteiger partial charge in [0.25, 0.3) is 5.89 Å². The summed E-state index contributed by atoms with van der Waals surface area (Å²) in [5, 5.41) is 5.79. The maximum absolute atomic E-state index is 5.97. The minimum absolute atomic E-state index is 0.459. The molecule has 0 amide bonds. The van der Waals surface area contributed by atoms with Crippen LogP contribution in [0.25, 0.3) is 45.0 Å². The third kappa shape index (κ3) is 3.04. The van der Waals surface area contributed by atoms with Crippen LogP contribution in [0.4, 0.5) is 0 Å². The van der Waals surface area contributed by atoms with Crippen molar-refractivity contribution in [1.82, 2.24) is 15.1 Å². The van der Waals surface area contributed by atoms with Gasteiger partial charge in [0.05, 0.1) is 16.8 Å². The summed E-state index contributed by atoms with van der Waals surface area (Å²) in [5.41, 5.74) is 4.48. The summed E-state index contributed by atoms with van der Waals surface area (Å²) in [6.45, 7) is 0. The lowest BCUT2D eigenvalue weighted by Crippen LogP contribution is -1.90. The summed E-state index contributed by atoms with van der Waals surface area (Å²) in [7, 11) is 0. The summed E-state index contributed by atoms with van der Waals surface area (Å²) in [5.74, 6) is 0.981. The van der Waals surface area contributed by atoms with Crippen LogP contribution in [0.3, 0.4) is 0 Å². The van der Waals surface area contributed by atoms with Crippen molar-refractivity contribution in [3.05, 3.63) is 90.0 Å². The fraction of sp³-hybridized carbons (Fsp3) is 0. The van der Waals surface area contributed by atoms with Crippen LogP contribution < -0.4 is 0 Å². The van der Waals surface area contributed by atoms with Crippen molar-refractivity contribution in [1.29, 1.82) is 0 Å². The van der Waals surface area contributed by atoms with Crippen LogP contribution in [0.2, 0.25) is 5.02 Å². The Labute approximate surface area is 166 Å². The number of halogens is 1. The number of nitrogens with zero attached hydrogens (tertiary/aromatic N) is 3. The first kappa shape index (κ1) is 16.7. The normalized spacial score (nSPS) is 11.0. The van der Waals surface area contributed by atoms with Crippen LogP contribution in [0.5, 0.6) is 0 Å². The molecule has 0 fully saturated rings. The number of pyridine rings is 1. The second kappa shape index (κ2) is 6.91. The van der Waals surface area contributed by atoms with Gasteiger partial charge in [-0.15, -0.1) is 0 Å². The number of hydrogen-bond acceptors (Lipinski definition) is 4. The average molecular weight is 384 g/mol. The molecule has 0 atom stereocenters. The van der Waals surface area contributed by atoms with E-state index in [1.54, 1.807) is 0 Å². The van der Waals surface area contributed by atoms with Crippen molar-refractivity contribution < 1.29 is 4.52 Å². The highest BCUT2D eigenvalue weighted by Gasteiger charge is 2.16. The summed E-state index contributed by atoms with van der Waals surface area (Å²) in [4.78, 5) is 9.42. The van der Waals surface area contributed by atoms with E-state index in [9.17, 15) is 0 Å². The van der Waals surface area contributed by atoms with Crippen molar-refractivity contribution in [3.63, 3.8) is 0 Å². The van der Waals surface area contributed by atoms with Gasteiger partial charge in [-0.1, -0.05) is 65.3 Å². The SMILES string of the molecule is Clc1ccc(-c2noc(-c3cc(-c4ccccc4)nc4ccccc34)n2)cc1. The Hall–Kier alpha value is -3.50. The van der Waals surface area contributed by atoms with Crippen molar-refractivity contribution in [2.75, 3.05) is 0 Å². The van der Waals surface area contributed by atoms with Gasteiger partial charge >= 0.3 is 0 Å². The topological polar surface area (TPSA) is 51.8 Å². The van der Waals surface area contributed by atoms with Crippen LogP contribution >= 0.6 is 11.6 Å². The van der Waals surface area contributed by atoms with Crippen LogP contribution in [-0.4, -0.2) is 15.1 Å². The van der Waals surface area contributed by atoms with E-state index in [2.05, 4.69) is 10.1 Å². The van der Waals surface area contributed by atoms with E-state index >= 15 is 0 Å². The van der Waals surface area contributed by atoms with Crippen LogP contribution in [0, 0.1) is 0 Å². The quantitative estimate of drug-likeness (QED) is 0.368. The van der Waals surface area contributed by atoms with Crippen LogP contribution in [0.15, 0.2) is 89.5 Å². The third-order valence-corrected chi connectivity index (χ3v) is 4.80. The van der Waals surface area contributed by atoms with Gasteiger partial charge in [-0.2, -0.15) is 4.98 Å². The average Bonchev–Trinajstić information content (AvgIpc) is 3.24.